The summed E-state index contributed by atoms with van der Waals surface area (Å²) >= 11 is 0. The van der Waals surface area contributed by atoms with Crippen LogP contribution in [0.2, 0.25) is 0 Å². The molecule has 0 spiro atoms. The number of piperidine rings is 1. The molecule has 2 aromatic carbocycles. The van der Waals surface area contributed by atoms with Gasteiger partial charge < -0.3 is 5.32 Å². The Balaban J connectivity index is 0.864. The number of imide groups is 1. The summed E-state index contributed by atoms with van der Waals surface area (Å²) in [6, 6.07) is 13.5. The van der Waals surface area contributed by atoms with E-state index < -0.39 is 17.7 Å². The number of amides is 2. The second-order valence-electron chi connectivity index (χ2n) is 11.9. The standard InChI is InChI=1S/C32H32N6O4/c39-28-10-9-23(32(42)37-28)29-30(40)22-8-7-20(14-24(22)31(29)41)35-21-12-18(13-21)4-3-11-38-17-19(15-34-38)27-16-33-25-5-1-2-6-26(25)36-27/h1-2,5-8,14-16,18-19,21,23,29,35H,3-4,9-13,17H2,(H,37,39,42). The monoisotopic (exact) mass is 564 g/mol. The van der Waals surface area contributed by atoms with Crippen LogP contribution in [0.15, 0.2) is 53.8 Å². The van der Waals surface area contributed by atoms with Crippen molar-refractivity contribution in [1.82, 2.24) is 20.3 Å². The number of para-hydroxylation sites is 2. The number of nitrogens with zero attached hydrogens (tertiary/aromatic N) is 4. The zero-order valence-corrected chi connectivity index (χ0v) is 23.2. The zero-order valence-electron chi connectivity index (χ0n) is 23.2. The average molecular weight is 565 g/mol. The molecule has 0 bridgehead atoms. The van der Waals surface area contributed by atoms with E-state index in [9.17, 15) is 19.2 Å². The van der Waals surface area contributed by atoms with Gasteiger partial charge in [0.25, 0.3) is 0 Å². The van der Waals surface area contributed by atoms with Crippen molar-refractivity contribution in [3.8, 4) is 0 Å². The molecule has 1 aromatic heterocycles. The van der Waals surface area contributed by atoms with Crippen LogP contribution in [0, 0.1) is 17.8 Å². The summed E-state index contributed by atoms with van der Waals surface area (Å²) < 4.78 is 0. The van der Waals surface area contributed by atoms with Crippen molar-refractivity contribution in [3.63, 3.8) is 0 Å². The predicted molar refractivity (Wildman–Crippen MR) is 156 cm³/mol. The van der Waals surface area contributed by atoms with E-state index in [0.717, 1.165) is 61.2 Å². The first-order valence-corrected chi connectivity index (χ1v) is 14.8. The van der Waals surface area contributed by atoms with Crippen LogP contribution < -0.4 is 10.6 Å². The number of hydrazone groups is 1. The van der Waals surface area contributed by atoms with Gasteiger partial charge in [-0.05, 0) is 68.4 Å². The topological polar surface area (TPSA) is 134 Å². The molecule has 10 heteroatoms. The van der Waals surface area contributed by atoms with Crippen molar-refractivity contribution < 1.29 is 19.2 Å². The molecule has 3 unspecified atom stereocenters. The summed E-state index contributed by atoms with van der Waals surface area (Å²) in [5, 5.41) is 12.5. The highest BCUT2D eigenvalue weighted by Gasteiger charge is 2.47. The van der Waals surface area contributed by atoms with Gasteiger partial charge >= 0.3 is 0 Å². The lowest BCUT2D eigenvalue weighted by molar-refractivity contribution is -0.137. The number of hydrogen-bond donors (Lipinski definition) is 2. The quantitative estimate of drug-likeness (QED) is 0.312. The number of carbonyl (C=O) groups excluding carboxylic acids is 4. The minimum absolute atomic E-state index is 0.145. The molecule has 2 fully saturated rings. The molecule has 1 saturated heterocycles. The Bertz CT molecular complexity index is 1630. The molecule has 2 amide bonds. The van der Waals surface area contributed by atoms with Crippen molar-refractivity contribution in [1.29, 1.82) is 0 Å². The summed E-state index contributed by atoms with van der Waals surface area (Å²) in [7, 11) is 0. The van der Waals surface area contributed by atoms with Gasteiger partial charge in [0.05, 0.1) is 34.5 Å². The molecule has 42 heavy (non-hydrogen) atoms. The summed E-state index contributed by atoms with van der Waals surface area (Å²) in [5.74, 6) is -2.55. The Morgan fingerprint density at radius 2 is 1.79 bits per heavy atom. The van der Waals surface area contributed by atoms with Crippen LogP contribution in [0.5, 0.6) is 0 Å². The van der Waals surface area contributed by atoms with Gasteiger partial charge in [-0.2, -0.15) is 5.10 Å². The van der Waals surface area contributed by atoms with E-state index in [1.54, 1.807) is 12.1 Å². The third-order valence-corrected chi connectivity index (χ3v) is 9.10. The highest BCUT2D eigenvalue weighted by molar-refractivity contribution is 6.28. The first-order valence-electron chi connectivity index (χ1n) is 14.8. The van der Waals surface area contributed by atoms with Gasteiger partial charge in [-0.3, -0.25) is 34.5 Å². The Labute approximate surface area is 243 Å². The molecular formula is C32H32N6O4. The molecule has 2 aliphatic carbocycles. The fraction of sp³-hybridized carbons (Fsp3) is 0.406. The maximum absolute atomic E-state index is 13.2. The normalized spacial score (nSPS) is 26.9. The number of fused-ring (bicyclic) bond motifs is 2. The van der Waals surface area contributed by atoms with Gasteiger partial charge in [-0.1, -0.05) is 12.1 Å². The smallest absolute Gasteiger partial charge is 0.230 e. The zero-order chi connectivity index (χ0) is 28.8. The van der Waals surface area contributed by atoms with Crippen molar-refractivity contribution in [3.05, 3.63) is 65.5 Å². The van der Waals surface area contributed by atoms with Gasteiger partial charge in [0.1, 0.15) is 0 Å². The lowest BCUT2D eigenvalue weighted by Crippen LogP contribution is -2.46. The predicted octanol–water partition coefficient (Wildman–Crippen LogP) is 3.73. The first kappa shape index (κ1) is 26.4. The van der Waals surface area contributed by atoms with E-state index in [2.05, 4.69) is 25.7 Å². The second kappa shape index (κ2) is 10.7. The van der Waals surface area contributed by atoms with E-state index in [-0.39, 0.29) is 36.2 Å². The number of aromatic nitrogens is 2. The van der Waals surface area contributed by atoms with E-state index in [1.807, 2.05) is 42.7 Å². The number of Topliss-reactive ketones (excluding diaryl/α,β-unsaturated/α-hetero) is 2. The number of ketones is 2. The molecule has 2 N–H and O–H groups in total. The van der Waals surface area contributed by atoms with Crippen LogP contribution in [-0.4, -0.2) is 63.7 Å². The Kier molecular flexibility index (Phi) is 6.76. The summed E-state index contributed by atoms with van der Waals surface area (Å²) in [4.78, 5) is 59.3. The number of benzene rings is 2. The molecule has 214 valence electrons. The third-order valence-electron chi connectivity index (χ3n) is 9.10. The minimum atomic E-state index is -1.04. The van der Waals surface area contributed by atoms with Gasteiger partial charge in [-0.15, -0.1) is 0 Å². The molecule has 3 heterocycles. The van der Waals surface area contributed by atoms with E-state index in [1.165, 1.54) is 0 Å². The van der Waals surface area contributed by atoms with Crippen molar-refractivity contribution in [2.45, 2.75) is 50.5 Å². The molecule has 10 nitrogen and oxygen atoms in total. The van der Waals surface area contributed by atoms with E-state index in [0.29, 0.717) is 23.1 Å². The number of nitrogens with one attached hydrogen (secondary N) is 2. The molecule has 2 aliphatic heterocycles. The fourth-order valence-corrected chi connectivity index (χ4v) is 6.75. The lowest BCUT2D eigenvalue weighted by Gasteiger charge is -2.37. The molecule has 3 aromatic rings. The number of hydrogen-bond acceptors (Lipinski definition) is 9. The van der Waals surface area contributed by atoms with E-state index in [4.69, 9.17) is 4.98 Å². The Morgan fingerprint density at radius 3 is 2.62 bits per heavy atom. The average Bonchev–Trinajstić information content (AvgIpc) is 3.54. The van der Waals surface area contributed by atoms with Crippen LogP contribution in [0.1, 0.15) is 70.9 Å². The molecular weight excluding hydrogens is 532 g/mol. The highest BCUT2D eigenvalue weighted by atomic mass is 16.2. The maximum atomic E-state index is 13.2. The maximum Gasteiger partial charge on any atom is 0.230 e. The van der Waals surface area contributed by atoms with Crippen molar-refractivity contribution in [2.24, 2.45) is 22.9 Å². The lowest BCUT2D eigenvalue weighted by atomic mass is 9.77. The summed E-state index contributed by atoms with van der Waals surface area (Å²) in [5.41, 5.74) is 4.32. The Morgan fingerprint density at radius 1 is 0.976 bits per heavy atom. The molecule has 3 atom stereocenters. The van der Waals surface area contributed by atoms with Crippen LogP contribution in [-0.2, 0) is 9.59 Å². The highest BCUT2D eigenvalue weighted by Crippen LogP contribution is 2.38. The molecule has 1 saturated carbocycles. The van der Waals surface area contributed by atoms with Gasteiger partial charge in [-0.25, -0.2) is 4.98 Å². The molecule has 7 rings (SSSR count). The SMILES string of the molecule is O=C1CCC(C2C(=O)c3ccc(NC4CC(CCCN5CC(c6cnc7ccccc7n6)C=N5)C4)cc3C2=O)C(=O)N1. The number of carbonyl (C=O) groups is 4. The van der Waals surface area contributed by atoms with Crippen molar-refractivity contribution >= 4 is 46.3 Å². The van der Waals surface area contributed by atoms with Gasteiger partial charge in [0.2, 0.25) is 11.8 Å². The van der Waals surface area contributed by atoms with Gasteiger partial charge in [0, 0.05) is 54.8 Å². The first-order chi connectivity index (χ1) is 20.4. The third kappa shape index (κ3) is 4.95. The largest absolute Gasteiger partial charge is 0.382 e. The van der Waals surface area contributed by atoms with E-state index >= 15 is 0 Å². The van der Waals surface area contributed by atoms with Crippen molar-refractivity contribution in [2.75, 3.05) is 18.4 Å². The summed E-state index contributed by atoms with van der Waals surface area (Å²) in [6.45, 7) is 1.74. The number of anilines is 1. The number of rotatable bonds is 8. The molecule has 0 radical (unpaired) electrons. The van der Waals surface area contributed by atoms with Gasteiger partial charge in [0.15, 0.2) is 11.6 Å². The molecule has 4 aliphatic rings. The summed E-state index contributed by atoms with van der Waals surface area (Å²) in [6.07, 6.45) is 8.52. The fourth-order valence-electron chi connectivity index (χ4n) is 6.75. The van der Waals surface area contributed by atoms with Crippen LogP contribution in [0.4, 0.5) is 5.69 Å². The second-order valence-corrected chi connectivity index (χ2v) is 11.9. The minimum Gasteiger partial charge on any atom is -0.382 e. The van der Waals surface area contributed by atoms with Crippen LogP contribution in [0.3, 0.4) is 0 Å². The Hall–Kier alpha value is -4.47. The van der Waals surface area contributed by atoms with Crippen LogP contribution in [0.25, 0.3) is 11.0 Å². The van der Waals surface area contributed by atoms with Crippen LogP contribution >= 0.6 is 0 Å².